The second-order valence-electron chi connectivity index (χ2n) is 34.2. The fourth-order valence-corrected chi connectivity index (χ4v) is 20.4. The van der Waals surface area contributed by atoms with E-state index in [9.17, 15) is 0 Å². The first-order chi connectivity index (χ1) is 65.4. The summed E-state index contributed by atoms with van der Waals surface area (Å²) in [7, 11) is 0. The van der Waals surface area contributed by atoms with E-state index in [1.54, 1.807) is 0 Å². The topological polar surface area (TPSA) is 39.1 Å². The van der Waals surface area contributed by atoms with E-state index in [0.29, 0.717) is 0 Å². The van der Waals surface area contributed by atoms with Crippen LogP contribution in [0.25, 0.3) is 199 Å². The summed E-state index contributed by atoms with van der Waals surface area (Å²) < 4.78 is 9.72. The van der Waals surface area contributed by atoms with Gasteiger partial charge in [-0.2, -0.15) is 0 Å². The molecule has 25 aromatic rings. The van der Waals surface area contributed by atoms with E-state index in [-0.39, 0.29) is 0 Å². The first kappa shape index (κ1) is 76.8. The molecule has 0 bridgehead atoms. The predicted molar refractivity (Wildman–Crippen MR) is 554 cm³/mol. The lowest BCUT2D eigenvalue weighted by atomic mass is 9.95. The summed E-state index contributed by atoms with van der Waals surface area (Å²) in [5.41, 5.74) is 37.7. The fraction of sp³-hybridized carbons (Fsp3) is 0. The highest BCUT2D eigenvalue weighted by Crippen LogP contribution is 2.49. The van der Waals surface area contributed by atoms with Crippen molar-refractivity contribution >= 4 is 121 Å². The number of hydrogen-bond acceptors (Lipinski definition) is 3. The van der Waals surface area contributed by atoms with Gasteiger partial charge in [0.1, 0.15) is 0 Å². The van der Waals surface area contributed by atoms with E-state index < -0.39 is 0 Å². The maximum atomic E-state index is 4.74. The Bertz CT molecular complexity index is 8650. The third-order valence-electron chi connectivity index (χ3n) is 26.6. The molecule has 618 valence electrons. The standard InChI is InChI=1S/C125H83N7/c1-6-27-84(28-7-1)87-50-61-101(62-51-87)127(105-38-24-33-91(75-105)86-31-10-3-11-32-86)107-76-95(73-97(78-107)92-58-69-113-112-42-18-22-47-119(112)131(123(113)81-92)99-34-12-4-13-35-99)90-56-67-104(68-57-90)130-120-48-23-19-43-115(120)125-109(44-25-49-122(125)130)94-60-71-121-116(80-94)114-70-59-93(82-124(114)132(121)100-36-14-5-15-37-100)98-74-96(89-54-65-103(66-55-89)129-117-45-20-16-40-110(117)111-41-17-21-46-118(111)129)77-108(79-98)128(106-39-26-72-126-83-106)102-63-52-88(53-64-102)85-29-8-2-9-30-85/h1-83H. The summed E-state index contributed by atoms with van der Waals surface area (Å²) in [6.07, 6.45) is 3.81. The van der Waals surface area contributed by atoms with Crippen molar-refractivity contribution < 1.29 is 0 Å². The molecular formula is C125H83N7. The number of anilines is 6. The molecule has 0 spiro atoms. The van der Waals surface area contributed by atoms with Gasteiger partial charge in [-0.15, -0.1) is 0 Å². The maximum absolute atomic E-state index is 4.74. The van der Waals surface area contributed by atoms with Crippen LogP contribution in [0.2, 0.25) is 0 Å². The van der Waals surface area contributed by atoms with Crippen LogP contribution < -0.4 is 9.80 Å². The summed E-state index contributed by atoms with van der Waals surface area (Å²) in [6.45, 7) is 0. The number of pyridine rings is 1. The Morgan fingerprint density at radius 2 is 0.462 bits per heavy atom. The van der Waals surface area contributed by atoms with Crippen molar-refractivity contribution in [3.63, 3.8) is 0 Å². The van der Waals surface area contributed by atoms with Crippen molar-refractivity contribution in [1.82, 2.24) is 23.3 Å². The molecule has 0 saturated carbocycles. The molecule has 0 N–H and O–H groups in total. The van der Waals surface area contributed by atoms with Gasteiger partial charge < -0.3 is 28.1 Å². The molecule has 0 unspecified atom stereocenters. The molecule has 0 aliphatic heterocycles. The van der Waals surface area contributed by atoms with Crippen LogP contribution in [0.4, 0.5) is 34.1 Å². The fourth-order valence-electron chi connectivity index (χ4n) is 20.4. The van der Waals surface area contributed by atoms with E-state index >= 15 is 0 Å². The van der Waals surface area contributed by atoms with E-state index in [2.05, 4.69) is 513 Å². The first-order valence-corrected chi connectivity index (χ1v) is 45.2. The van der Waals surface area contributed by atoms with Gasteiger partial charge >= 0.3 is 0 Å². The number of rotatable bonds is 18. The molecule has 5 aromatic heterocycles. The van der Waals surface area contributed by atoms with Crippen molar-refractivity contribution in [2.24, 2.45) is 0 Å². The van der Waals surface area contributed by atoms with Crippen molar-refractivity contribution in [3.05, 3.63) is 504 Å². The maximum Gasteiger partial charge on any atom is 0.0644 e. The van der Waals surface area contributed by atoms with Crippen LogP contribution in [0.3, 0.4) is 0 Å². The van der Waals surface area contributed by atoms with E-state index in [4.69, 9.17) is 4.98 Å². The summed E-state index contributed by atoms with van der Waals surface area (Å²) in [5, 5.41) is 9.61. The molecule has 0 saturated heterocycles. The minimum atomic E-state index is 0.954. The molecule has 7 nitrogen and oxygen atoms in total. The number of nitrogens with zero attached hydrogens (tertiary/aromatic N) is 7. The zero-order valence-electron chi connectivity index (χ0n) is 72.1. The largest absolute Gasteiger partial charge is 0.310 e. The Kier molecular flexibility index (Phi) is 18.8. The lowest BCUT2D eigenvalue weighted by Gasteiger charge is -2.27. The quantitative estimate of drug-likeness (QED) is 0.0859. The van der Waals surface area contributed by atoms with Gasteiger partial charge in [-0.3, -0.25) is 4.98 Å². The molecule has 25 rings (SSSR count). The minimum absolute atomic E-state index is 0.954. The highest BCUT2D eigenvalue weighted by atomic mass is 15.2. The molecule has 0 amide bonds. The zero-order valence-corrected chi connectivity index (χ0v) is 72.1. The van der Waals surface area contributed by atoms with E-state index in [1.165, 1.54) is 70.9 Å². The molecule has 20 aromatic carbocycles. The van der Waals surface area contributed by atoms with Gasteiger partial charge in [0.25, 0.3) is 0 Å². The molecule has 0 atom stereocenters. The van der Waals surface area contributed by atoms with Crippen molar-refractivity contribution in [2.75, 3.05) is 9.80 Å². The SMILES string of the molecule is c1ccc(-c2ccc(N(c3cccnc3)c3cc(-c4ccc(-n5c6ccccc6c6ccccc65)cc4)cc(-c4ccc5c6cc(-c7cccc8c7c7ccccc7n8-c7ccc(-c8cc(-c9ccc%10c%11ccccc%11n(-c%11ccccc%11)c%10c9)cc(N(c9ccc(-c%10ccccc%10)cc9)c9cccc(-c%10ccccc%10)c9)c8)cc7)ccc6n(-c6ccccc6)c5c4)c3)cc2)cc1. The van der Waals surface area contributed by atoms with Crippen LogP contribution >= 0.6 is 0 Å². The van der Waals surface area contributed by atoms with Gasteiger partial charge in [0.05, 0.1) is 56.0 Å². The third kappa shape index (κ3) is 13.5. The van der Waals surface area contributed by atoms with Crippen LogP contribution in [0.5, 0.6) is 0 Å². The van der Waals surface area contributed by atoms with Gasteiger partial charge in [-0.1, -0.05) is 303 Å². The number of para-hydroxylation sites is 6. The second-order valence-corrected chi connectivity index (χ2v) is 34.2. The first-order valence-electron chi connectivity index (χ1n) is 45.2. The Morgan fingerprint density at radius 1 is 0.152 bits per heavy atom. The minimum Gasteiger partial charge on any atom is -0.310 e. The number of aromatic nitrogens is 5. The molecule has 0 aliphatic rings. The normalized spacial score (nSPS) is 11.6. The summed E-state index contributed by atoms with van der Waals surface area (Å²) in [5.74, 6) is 0. The van der Waals surface area contributed by atoms with Crippen LogP contribution in [0.15, 0.2) is 504 Å². The van der Waals surface area contributed by atoms with Crippen molar-refractivity contribution in [1.29, 1.82) is 0 Å². The third-order valence-corrected chi connectivity index (χ3v) is 26.6. The van der Waals surface area contributed by atoms with Crippen molar-refractivity contribution in [2.45, 2.75) is 0 Å². The molecule has 5 heterocycles. The second kappa shape index (κ2) is 32.3. The molecule has 0 fully saturated rings. The van der Waals surface area contributed by atoms with Crippen molar-refractivity contribution in [3.8, 4) is 112 Å². The molecule has 0 aliphatic carbocycles. The lowest BCUT2D eigenvalue weighted by Crippen LogP contribution is -2.10. The molecule has 7 heteroatoms. The highest BCUT2D eigenvalue weighted by Gasteiger charge is 2.26. The summed E-state index contributed by atoms with van der Waals surface area (Å²) in [6, 6.07) is 181. The summed E-state index contributed by atoms with van der Waals surface area (Å²) in [4.78, 5) is 9.52. The smallest absolute Gasteiger partial charge is 0.0644 e. The van der Waals surface area contributed by atoms with Crippen LogP contribution in [-0.4, -0.2) is 23.3 Å². The van der Waals surface area contributed by atoms with Gasteiger partial charge in [0.2, 0.25) is 0 Å². The molecule has 0 radical (unpaired) electrons. The predicted octanol–water partition coefficient (Wildman–Crippen LogP) is 33.7. The molecule has 132 heavy (non-hydrogen) atoms. The average molecular weight is 1680 g/mol. The Labute approximate surface area is 764 Å². The zero-order chi connectivity index (χ0) is 87.1. The molecular weight excluding hydrogens is 1600 g/mol. The number of hydrogen-bond donors (Lipinski definition) is 0. The van der Waals surface area contributed by atoms with Crippen LogP contribution in [-0.2, 0) is 0 Å². The Morgan fingerprint density at radius 3 is 0.947 bits per heavy atom. The van der Waals surface area contributed by atoms with Gasteiger partial charge in [-0.25, -0.2) is 0 Å². The van der Waals surface area contributed by atoms with Crippen LogP contribution in [0.1, 0.15) is 0 Å². The van der Waals surface area contributed by atoms with E-state index in [0.717, 1.165) is 162 Å². The van der Waals surface area contributed by atoms with Gasteiger partial charge in [-0.05, 0) is 277 Å². The number of fused-ring (bicyclic) bond motifs is 12. The Balaban J connectivity index is 0.617. The Hall–Kier alpha value is -17.7. The van der Waals surface area contributed by atoms with Gasteiger partial charge in [0.15, 0.2) is 0 Å². The van der Waals surface area contributed by atoms with Crippen LogP contribution in [0, 0.1) is 0 Å². The summed E-state index contributed by atoms with van der Waals surface area (Å²) >= 11 is 0. The monoisotopic (exact) mass is 1680 g/mol. The van der Waals surface area contributed by atoms with E-state index in [1.807, 2.05) is 18.5 Å². The average Bonchev–Trinajstić information content (AvgIpc) is 1.58. The lowest BCUT2D eigenvalue weighted by molar-refractivity contribution is 1.18. The highest BCUT2D eigenvalue weighted by molar-refractivity contribution is 6.18. The van der Waals surface area contributed by atoms with Gasteiger partial charge in [0, 0.05) is 100 Å². The number of benzene rings is 20.